The van der Waals surface area contributed by atoms with Crippen molar-refractivity contribution in [3.05, 3.63) is 28.2 Å². The average Bonchev–Trinajstić information content (AvgIpc) is 2.32. The largest absolute Gasteiger partial charge is 0.358 e. The van der Waals surface area contributed by atoms with Crippen LogP contribution < -0.4 is 10.6 Å². The summed E-state index contributed by atoms with van der Waals surface area (Å²) < 4.78 is 0.842. The summed E-state index contributed by atoms with van der Waals surface area (Å²) in [5.41, 5.74) is 1.84. The molecule has 0 heterocycles. The number of rotatable bonds is 5. The third-order valence-corrected chi connectivity index (χ3v) is 3.16. The molecule has 19 heavy (non-hydrogen) atoms. The van der Waals surface area contributed by atoms with Gasteiger partial charge in [0.25, 0.3) is 0 Å². The predicted molar refractivity (Wildman–Crippen MR) is 79.1 cm³/mol. The van der Waals surface area contributed by atoms with Crippen LogP contribution in [0.2, 0.25) is 0 Å². The molecular weight excluding hydrogens is 310 g/mol. The summed E-state index contributed by atoms with van der Waals surface area (Å²) in [4.78, 5) is 24.6. The van der Waals surface area contributed by atoms with Gasteiger partial charge in [-0.05, 0) is 47.6 Å². The Morgan fingerprint density at radius 3 is 2.47 bits per heavy atom. The minimum atomic E-state index is -0.157. The fourth-order valence-electron chi connectivity index (χ4n) is 1.54. The zero-order chi connectivity index (χ0) is 14.4. The van der Waals surface area contributed by atoms with Gasteiger partial charge < -0.3 is 10.6 Å². The van der Waals surface area contributed by atoms with Crippen LogP contribution in [0.25, 0.3) is 0 Å². The van der Waals surface area contributed by atoms with Crippen molar-refractivity contribution in [1.29, 1.82) is 0 Å². The Morgan fingerprint density at radius 2 is 1.89 bits per heavy atom. The molecule has 0 saturated heterocycles. The summed E-state index contributed by atoms with van der Waals surface area (Å²) >= 11 is 3.40. The van der Waals surface area contributed by atoms with E-state index in [2.05, 4.69) is 26.6 Å². The van der Waals surface area contributed by atoms with Gasteiger partial charge in [0.05, 0.1) is 18.8 Å². The van der Waals surface area contributed by atoms with E-state index in [1.165, 1.54) is 0 Å². The lowest BCUT2D eigenvalue weighted by Gasteiger charge is -2.15. The molecule has 2 amide bonds. The van der Waals surface area contributed by atoms with E-state index in [1.54, 1.807) is 19.0 Å². The minimum Gasteiger partial charge on any atom is -0.358 e. The molecule has 0 bridgehead atoms. The van der Waals surface area contributed by atoms with E-state index in [9.17, 15) is 9.59 Å². The van der Waals surface area contributed by atoms with E-state index >= 15 is 0 Å². The molecule has 0 aliphatic heterocycles. The molecule has 0 aliphatic rings. The molecule has 1 rings (SSSR count). The molecule has 2 N–H and O–H groups in total. The number of anilines is 1. The lowest BCUT2D eigenvalue weighted by molar-refractivity contribution is -0.122. The third-order valence-electron chi connectivity index (χ3n) is 2.50. The number of nitrogens with zero attached hydrogens (tertiary/aromatic N) is 1. The van der Waals surface area contributed by atoms with E-state index in [0.29, 0.717) is 0 Å². The molecule has 0 atom stereocenters. The minimum absolute atomic E-state index is 0.119. The Labute approximate surface area is 121 Å². The molecule has 0 aliphatic carbocycles. The fraction of sp³-hybridized carbons (Fsp3) is 0.385. The van der Waals surface area contributed by atoms with Crippen LogP contribution in [0, 0.1) is 6.92 Å². The van der Waals surface area contributed by atoms with Gasteiger partial charge in [0.2, 0.25) is 11.8 Å². The van der Waals surface area contributed by atoms with Crippen molar-refractivity contribution in [1.82, 2.24) is 10.2 Å². The molecule has 0 fully saturated rings. The van der Waals surface area contributed by atoms with Crippen molar-refractivity contribution in [3.63, 3.8) is 0 Å². The quantitative estimate of drug-likeness (QED) is 0.858. The van der Waals surface area contributed by atoms with Gasteiger partial charge in [-0.25, -0.2) is 0 Å². The van der Waals surface area contributed by atoms with Crippen LogP contribution in [0.5, 0.6) is 0 Å². The van der Waals surface area contributed by atoms with E-state index in [-0.39, 0.29) is 24.9 Å². The maximum absolute atomic E-state index is 11.8. The molecule has 0 unspecified atom stereocenters. The summed E-state index contributed by atoms with van der Waals surface area (Å²) in [7, 11) is 3.29. The van der Waals surface area contributed by atoms with Gasteiger partial charge in [-0.3, -0.25) is 14.5 Å². The Morgan fingerprint density at radius 1 is 1.26 bits per heavy atom. The van der Waals surface area contributed by atoms with Crippen LogP contribution in [0.3, 0.4) is 0 Å². The third kappa shape index (κ3) is 5.40. The number of aryl methyl sites for hydroxylation is 1. The smallest absolute Gasteiger partial charge is 0.238 e. The second-order valence-electron chi connectivity index (χ2n) is 4.38. The lowest BCUT2D eigenvalue weighted by atomic mass is 10.2. The van der Waals surface area contributed by atoms with Crippen LogP contribution in [-0.4, -0.2) is 43.9 Å². The van der Waals surface area contributed by atoms with E-state index in [1.807, 2.05) is 25.1 Å². The van der Waals surface area contributed by atoms with Crippen LogP contribution in [-0.2, 0) is 9.59 Å². The van der Waals surface area contributed by atoms with Crippen LogP contribution >= 0.6 is 15.9 Å². The molecule has 0 saturated carbocycles. The van der Waals surface area contributed by atoms with Crippen molar-refractivity contribution in [2.45, 2.75) is 6.92 Å². The molecule has 1 aromatic rings. The highest BCUT2D eigenvalue weighted by Crippen LogP contribution is 2.23. The highest BCUT2D eigenvalue weighted by molar-refractivity contribution is 9.10. The summed E-state index contributed by atoms with van der Waals surface area (Å²) in [6.45, 7) is 2.33. The summed E-state index contributed by atoms with van der Waals surface area (Å²) in [6.07, 6.45) is 0. The number of hydrogen-bond donors (Lipinski definition) is 2. The van der Waals surface area contributed by atoms with Crippen molar-refractivity contribution >= 4 is 33.4 Å². The Balaban J connectivity index is 2.53. The zero-order valence-corrected chi connectivity index (χ0v) is 12.9. The van der Waals surface area contributed by atoms with E-state index in [4.69, 9.17) is 0 Å². The Bertz CT molecular complexity index is 477. The van der Waals surface area contributed by atoms with Gasteiger partial charge in [-0.15, -0.1) is 0 Å². The van der Waals surface area contributed by atoms with Crippen LogP contribution in [0.1, 0.15) is 5.56 Å². The molecule has 0 spiro atoms. The standard InChI is InChI=1S/C13H18BrN3O2/c1-9-4-5-11(10(14)6-9)16-13(19)8-17(3)7-12(18)15-2/h4-6H,7-8H2,1-3H3,(H,15,18)(H,16,19). The Kier molecular flexibility index (Phi) is 5.98. The molecule has 5 nitrogen and oxygen atoms in total. The fourth-order valence-corrected chi connectivity index (χ4v) is 2.13. The number of halogens is 1. The molecule has 6 heteroatoms. The van der Waals surface area contributed by atoms with Crippen molar-refractivity contribution in [2.75, 3.05) is 32.5 Å². The van der Waals surface area contributed by atoms with Crippen LogP contribution in [0.4, 0.5) is 5.69 Å². The number of carbonyl (C=O) groups excluding carboxylic acids is 2. The van der Waals surface area contributed by atoms with E-state index in [0.717, 1.165) is 15.7 Å². The second kappa shape index (κ2) is 7.25. The Hall–Kier alpha value is -1.40. The molecular formula is C13H18BrN3O2. The van der Waals surface area contributed by atoms with Gasteiger partial charge in [-0.2, -0.15) is 0 Å². The zero-order valence-electron chi connectivity index (χ0n) is 11.3. The average molecular weight is 328 g/mol. The number of carbonyl (C=O) groups is 2. The number of likely N-dealkylation sites (N-methyl/N-ethyl adjacent to an activating group) is 2. The first kappa shape index (κ1) is 15.7. The van der Waals surface area contributed by atoms with Gasteiger partial charge in [0.1, 0.15) is 0 Å². The number of hydrogen-bond acceptors (Lipinski definition) is 3. The van der Waals surface area contributed by atoms with Crippen molar-refractivity contribution in [3.8, 4) is 0 Å². The van der Waals surface area contributed by atoms with Gasteiger partial charge in [0.15, 0.2) is 0 Å². The highest BCUT2D eigenvalue weighted by Gasteiger charge is 2.11. The molecule has 104 valence electrons. The lowest BCUT2D eigenvalue weighted by Crippen LogP contribution is -2.37. The van der Waals surface area contributed by atoms with Crippen molar-refractivity contribution < 1.29 is 9.59 Å². The van der Waals surface area contributed by atoms with Crippen molar-refractivity contribution in [2.24, 2.45) is 0 Å². The first-order chi connectivity index (χ1) is 8.92. The van der Waals surface area contributed by atoms with Crippen LogP contribution in [0.15, 0.2) is 22.7 Å². The predicted octanol–water partition coefficient (Wildman–Crippen LogP) is 1.37. The van der Waals surface area contributed by atoms with E-state index < -0.39 is 0 Å². The second-order valence-corrected chi connectivity index (χ2v) is 5.23. The molecule has 0 radical (unpaired) electrons. The number of nitrogens with one attached hydrogen (secondary N) is 2. The molecule has 0 aromatic heterocycles. The number of amides is 2. The highest BCUT2D eigenvalue weighted by atomic mass is 79.9. The first-order valence-electron chi connectivity index (χ1n) is 5.87. The van der Waals surface area contributed by atoms with Gasteiger partial charge in [-0.1, -0.05) is 6.07 Å². The number of benzene rings is 1. The summed E-state index contributed by atoms with van der Waals surface area (Å²) in [5.74, 6) is -0.275. The van der Waals surface area contributed by atoms with Gasteiger partial charge >= 0.3 is 0 Å². The van der Waals surface area contributed by atoms with Gasteiger partial charge in [0, 0.05) is 11.5 Å². The summed E-state index contributed by atoms with van der Waals surface area (Å²) in [5, 5.41) is 5.31. The summed E-state index contributed by atoms with van der Waals surface area (Å²) in [6, 6.07) is 5.70. The topological polar surface area (TPSA) is 61.4 Å². The first-order valence-corrected chi connectivity index (χ1v) is 6.67. The maximum atomic E-state index is 11.8. The maximum Gasteiger partial charge on any atom is 0.238 e. The molecule has 1 aromatic carbocycles. The SMILES string of the molecule is CNC(=O)CN(C)CC(=O)Nc1ccc(C)cc1Br. The normalized spacial score (nSPS) is 10.4. The monoisotopic (exact) mass is 327 g/mol.